The number of rotatable bonds is 2. The molecule has 1 aliphatic heterocycles. The zero-order valence-corrected chi connectivity index (χ0v) is 12.8. The predicted molar refractivity (Wildman–Crippen MR) is 80.9 cm³/mol. The molecule has 0 bridgehead atoms. The molecule has 0 aliphatic carbocycles. The van der Waals surface area contributed by atoms with Gasteiger partial charge < -0.3 is 4.74 Å². The molecule has 1 heterocycles. The summed E-state index contributed by atoms with van der Waals surface area (Å²) in [5, 5.41) is 0. The fourth-order valence-electron chi connectivity index (χ4n) is 2.30. The van der Waals surface area contributed by atoms with E-state index in [1.807, 2.05) is 32.9 Å². The third kappa shape index (κ3) is 3.24. The van der Waals surface area contributed by atoms with E-state index in [4.69, 9.17) is 4.74 Å². The molecular formula is C15H21NO2S. The summed E-state index contributed by atoms with van der Waals surface area (Å²) in [7, 11) is 0. The lowest BCUT2D eigenvalue weighted by molar-refractivity contribution is 0.0584. The highest BCUT2D eigenvalue weighted by Gasteiger charge is 2.29. The lowest BCUT2D eigenvalue weighted by Gasteiger charge is -2.24. The van der Waals surface area contributed by atoms with Crippen LogP contribution in [0.3, 0.4) is 0 Å². The lowest BCUT2D eigenvalue weighted by atomic mass is 10.1. The standard InChI is InChI=1S/C15H21NO2S/c1-15(2,3)18-14(17)16-9-8-12-11(10-19-4)6-5-7-13(12)16/h5-7H,8-10H2,1-4H3. The van der Waals surface area contributed by atoms with Gasteiger partial charge in [0.2, 0.25) is 0 Å². The van der Waals surface area contributed by atoms with Crippen molar-refractivity contribution in [3.05, 3.63) is 29.3 Å². The van der Waals surface area contributed by atoms with E-state index in [0.29, 0.717) is 0 Å². The van der Waals surface area contributed by atoms with Gasteiger partial charge in [-0.3, -0.25) is 4.90 Å². The largest absolute Gasteiger partial charge is 0.443 e. The van der Waals surface area contributed by atoms with E-state index >= 15 is 0 Å². The van der Waals surface area contributed by atoms with E-state index in [9.17, 15) is 4.79 Å². The van der Waals surface area contributed by atoms with Crippen LogP contribution < -0.4 is 4.90 Å². The van der Waals surface area contributed by atoms with Crippen LogP contribution in [0.25, 0.3) is 0 Å². The van der Waals surface area contributed by atoms with Gasteiger partial charge >= 0.3 is 6.09 Å². The third-order valence-corrected chi connectivity index (χ3v) is 3.64. The lowest BCUT2D eigenvalue weighted by Crippen LogP contribution is -2.35. The van der Waals surface area contributed by atoms with E-state index in [0.717, 1.165) is 24.4 Å². The Morgan fingerprint density at radius 3 is 2.79 bits per heavy atom. The number of carbonyl (C=O) groups is 1. The molecule has 1 amide bonds. The Morgan fingerprint density at radius 1 is 1.42 bits per heavy atom. The van der Waals surface area contributed by atoms with Crippen molar-refractivity contribution in [2.24, 2.45) is 0 Å². The van der Waals surface area contributed by atoms with E-state index in [2.05, 4.69) is 12.3 Å². The molecule has 3 nitrogen and oxygen atoms in total. The number of ether oxygens (including phenoxy) is 1. The molecule has 0 unspecified atom stereocenters. The molecule has 1 aromatic rings. The number of thioether (sulfide) groups is 1. The van der Waals surface area contributed by atoms with E-state index in [-0.39, 0.29) is 6.09 Å². The maximum absolute atomic E-state index is 12.2. The van der Waals surface area contributed by atoms with Crippen LogP contribution in [-0.4, -0.2) is 24.5 Å². The molecule has 0 spiro atoms. The van der Waals surface area contributed by atoms with Crippen molar-refractivity contribution >= 4 is 23.5 Å². The Bertz CT molecular complexity index is 480. The molecule has 104 valence electrons. The summed E-state index contributed by atoms with van der Waals surface area (Å²) in [6, 6.07) is 6.18. The molecule has 0 N–H and O–H groups in total. The fraction of sp³-hybridized carbons (Fsp3) is 0.533. The second-order valence-electron chi connectivity index (χ2n) is 5.73. The van der Waals surface area contributed by atoms with Crippen LogP contribution in [0.15, 0.2) is 18.2 Å². The Balaban J connectivity index is 2.22. The Morgan fingerprint density at radius 2 is 2.16 bits per heavy atom. The average molecular weight is 279 g/mol. The van der Waals surface area contributed by atoms with Gasteiger partial charge in [-0.1, -0.05) is 12.1 Å². The molecule has 1 aliphatic rings. The molecule has 2 rings (SSSR count). The van der Waals surface area contributed by atoms with Crippen molar-refractivity contribution in [2.45, 2.75) is 38.5 Å². The van der Waals surface area contributed by atoms with Crippen molar-refractivity contribution in [1.29, 1.82) is 0 Å². The first-order valence-electron chi connectivity index (χ1n) is 6.52. The van der Waals surface area contributed by atoms with Gasteiger partial charge in [0.1, 0.15) is 5.60 Å². The first-order chi connectivity index (χ1) is 8.92. The summed E-state index contributed by atoms with van der Waals surface area (Å²) in [5.41, 5.74) is 3.19. The van der Waals surface area contributed by atoms with Gasteiger partial charge in [0.05, 0.1) is 5.69 Å². The molecule has 19 heavy (non-hydrogen) atoms. The normalized spacial score (nSPS) is 14.4. The second-order valence-corrected chi connectivity index (χ2v) is 6.60. The van der Waals surface area contributed by atoms with Gasteiger partial charge in [-0.2, -0.15) is 11.8 Å². The maximum atomic E-state index is 12.2. The summed E-state index contributed by atoms with van der Waals surface area (Å²) in [4.78, 5) is 13.9. The quantitative estimate of drug-likeness (QED) is 0.823. The summed E-state index contributed by atoms with van der Waals surface area (Å²) in [6.07, 6.45) is 2.78. The molecule has 0 saturated carbocycles. The van der Waals surface area contributed by atoms with E-state index in [1.54, 1.807) is 16.7 Å². The number of carbonyl (C=O) groups excluding carboxylic acids is 1. The molecule has 0 saturated heterocycles. The number of hydrogen-bond acceptors (Lipinski definition) is 3. The number of benzene rings is 1. The van der Waals surface area contributed by atoms with Gasteiger partial charge in [-0.15, -0.1) is 0 Å². The summed E-state index contributed by atoms with van der Waals surface area (Å²) in [6.45, 7) is 6.40. The van der Waals surface area contributed by atoms with Crippen LogP contribution in [0.2, 0.25) is 0 Å². The Hall–Kier alpha value is -1.16. The first-order valence-corrected chi connectivity index (χ1v) is 7.92. The number of hydrogen-bond donors (Lipinski definition) is 0. The van der Waals surface area contributed by atoms with Gasteiger partial charge in [0.25, 0.3) is 0 Å². The molecular weight excluding hydrogens is 258 g/mol. The van der Waals surface area contributed by atoms with Crippen molar-refractivity contribution < 1.29 is 9.53 Å². The highest BCUT2D eigenvalue weighted by atomic mass is 32.2. The minimum Gasteiger partial charge on any atom is -0.443 e. The zero-order chi connectivity index (χ0) is 14.0. The second kappa shape index (κ2) is 5.45. The van der Waals surface area contributed by atoms with Crippen LogP contribution in [0.1, 0.15) is 31.9 Å². The first kappa shape index (κ1) is 14.3. The average Bonchev–Trinajstić information content (AvgIpc) is 2.72. The Kier molecular flexibility index (Phi) is 4.09. The minimum absolute atomic E-state index is 0.243. The number of amides is 1. The van der Waals surface area contributed by atoms with Gasteiger partial charge in [0.15, 0.2) is 0 Å². The van der Waals surface area contributed by atoms with Crippen LogP contribution in [0.5, 0.6) is 0 Å². The third-order valence-electron chi connectivity index (χ3n) is 3.04. The predicted octanol–water partition coefficient (Wildman–Crippen LogP) is 3.85. The van der Waals surface area contributed by atoms with Gasteiger partial charge in [0, 0.05) is 12.3 Å². The number of fused-ring (bicyclic) bond motifs is 1. The van der Waals surface area contributed by atoms with Crippen LogP contribution in [0.4, 0.5) is 10.5 Å². The summed E-state index contributed by atoms with van der Waals surface area (Å²) < 4.78 is 5.46. The van der Waals surface area contributed by atoms with E-state index in [1.165, 1.54) is 11.1 Å². The zero-order valence-electron chi connectivity index (χ0n) is 12.0. The molecule has 4 heteroatoms. The molecule has 1 aromatic carbocycles. The van der Waals surface area contributed by atoms with Crippen molar-refractivity contribution in [3.63, 3.8) is 0 Å². The summed E-state index contributed by atoms with van der Waals surface area (Å²) >= 11 is 1.81. The number of anilines is 1. The van der Waals surface area contributed by atoms with Crippen molar-refractivity contribution in [1.82, 2.24) is 0 Å². The summed E-state index contributed by atoms with van der Waals surface area (Å²) in [5.74, 6) is 0.991. The van der Waals surface area contributed by atoms with Gasteiger partial charge in [-0.25, -0.2) is 4.79 Å². The van der Waals surface area contributed by atoms with Crippen LogP contribution in [-0.2, 0) is 16.9 Å². The van der Waals surface area contributed by atoms with Crippen LogP contribution in [0, 0.1) is 0 Å². The van der Waals surface area contributed by atoms with Crippen molar-refractivity contribution in [3.8, 4) is 0 Å². The molecule has 0 radical (unpaired) electrons. The molecule has 0 fully saturated rings. The SMILES string of the molecule is CSCc1cccc2c1CCN2C(=O)OC(C)(C)C. The Labute approximate surface area is 119 Å². The number of nitrogens with zero attached hydrogens (tertiary/aromatic N) is 1. The maximum Gasteiger partial charge on any atom is 0.414 e. The van der Waals surface area contributed by atoms with Gasteiger partial charge in [-0.05, 0) is 50.6 Å². The van der Waals surface area contributed by atoms with Crippen LogP contribution >= 0.6 is 11.8 Å². The smallest absolute Gasteiger partial charge is 0.414 e. The monoisotopic (exact) mass is 279 g/mol. The highest BCUT2D eigenvalue weighted by molar-refractivity contribution is 7.97. The highest BCUT2D eigenvalue weighted by Crippen LogP contribution is 2.33. The fourth-order valence-corrected chi connectivity index (χ4v) is 2.89. The van der Waals surface area contributed by atoms with Crippen molar-refractivity contribution in [2.75, 3.05) is 17.7 Å². The minimum atomic E-state index is -0.448. The molecule has 0 aromatic heterocycles. The van der Waals surface area contributed by atoms with E-state index < -0.39 is 5.60 Å². The topological polar surface area (TPSA) is 29.5 Å². The molecule has 0 atom stereocenters.